The molecule has 32 heavy (non-hydrogen) atoms. The number of carboxylic acid groups (broad SMARTS) is 2. The summed E-state index contributed by atoms with van der Waals surface area (Å²) in [6.07, 6.45) is 0.435. The number of thiol groups is 1. The highest BCUT2D eigenvalue weighted by molar-refractivity contribution is 7.80. The van der Waals surface area contributed by atoms with Gasteiger partial charge in [0.2, 0.25) is 17.7 Å². The summed E-state index contributed by atoms with van der Waals surface area (Å²) in [4.78, 5) is 59.8. The van der Waals surface area contributed by atoms with Gasteiger partial charge in [-0.1, -0.05) is 13.8 Å². The first-order chi connectivity index (χ1) is 14.9. The predicted octanol–water partition coefficient (Wildman–Crippen LogP) is -1.57. The molecule has 4 atom stereocenters. The van der Waals surface area contributed by atoms with E-state index < -0.39 is 60.2 Å². The highest BCUT2D eigenvalue weighted by Crippen LogP contribution is 2.05. The molecule has 0 aromatic heterocycles. The Hall–Kier alpha value is -2.38. The van der Waals surface area contributed by atoms with Crippen molar-refractivity contribution in [2.45, 2.75) is 70.1 Å². The van der Waals surface area contributed by atoms with Gasteiger partial charge in [0, 0.05) is 12.2 Å². The molecule has 0 spiro atoms. The fourth-order valence-electron chi connectivity index (χ4n) is 2.60. The van der Waals surface area contributed by atoms with Gasteiger partial charge in [-0.25, -0.2) is 4.79 Å². The molecule has 0 heterocycles. The fraction of sp³-hybridized carbons (Fsp3) is 0.737. The molecule has 4 unspecified atom stereocenters. The monoisotopic (exact) mass is 477 g/mol. The van der Waals surface area contributed by atoms with Crippen LogP contribution >= 0.6 is 12.6 Å². The van der Waals surface area contributed by atoms with Crippen LogP contribution in [0, 0.1) is 5.92 Å². The number of aliphatic carboxylic acids is 2. The molecule has 0 rings (SSSR count). The second-order valence-electron chi connectivity index (χ2n) is 7.69. The number of hydrogen-bond donors (Lipinski definition) is 8. The normalized spacial score (nSPS) is 14.7. The van der Waals surface area contributed by atoms with E-state index in [-0.39, 0.29) is 24.5 Å². The highest BCUT2D eigenvalue weighted by Gasteiger charge is 2.30. The summed E-state index contributed by atoms with van der Waals surface area (Å²) in [7, 11) is 0. The lowest BCUT2D eigenvalue weighted by molar-refractivity contribution is -0.143. The number of carboxylic acids is 2. The van der Waals surface area contributed by atoms with Crippen LogP contribution in [0.2, 0.25) is 0 Å². The molecule has 0 bridgehead atoms. The summed E-state index contributed by atoms with van der Waals surface area (Å²) in [6, 6.07) is -4.53. The van der Waals surface area contributed by atoms with E-state index >= 15 is 0 Å². The zero-order valence-corrected chi connectivity index (χ0v) is 19.3. The van der Waals surface area contributed by atoms with Crippen molar-refractivity contribution in [2.75, 3.05) is 12.3 Å². The molecule has 184 valence electrons. The molecule has 0 saturated carbocycles. The minimum absolute atomic E-state index is 0.105. The summed E-state index contributed by atoms with van der Waals surface area (Å²) in [5, 5.41) is 25.4. The predicted molar refractivity (Wildman–Crippen MR) is 120 cm³/mol. The third kappa shape index (κ3) is 11.3. The molecule has 3 amide bonds. The first kappa shape index (κ1) is 29.6. The number of nitrogens with one attached hydrogen (secondary N) is 3. The summed E-state index contributed by atoms with van der Waals surface area (Å²) in [6.45, 7) is 3.84. The van der Waals surface area contributed by atoms with Crippen molar-refractivity contribution >= 4 is 42.3 Å². The van der Waals surface area contributed by atoms with Crippen molar-refractivity contribution in [2.24, 2.45) is 17.4 Å². The number of carbonyl (C=O) groups excluding carboxylic acids is 3. The van der Waals surface area contributed by atoms with Crippen LogP contribution in [-0.4, -0.2) is 76.3 Å². The van der Waals surface area contributed by atoms with E-state index in [1.807, 2.05) is 0 Å². The Morgan fingerprint density at radius 1 is 0.844 bits per heavy atom. The summed E-state index contributed by atoms with van der Waals surface area (Å²) in [5.74, 6) is -4.94. The standard InChI is InChI=1S/C19H35N5O7S/c1-10(2)15(21)18(29)24-13(9-32)17(28)22-11(6-7-14(25)26)16(27)23-12(19(30)31)5-3-4-8-20/h10-13,15,32H,3-9,20-21H2,1-2H3,(H,22,28)(H,23,27)(H,24,29)(H,25,26)(H,30,31). The Bertz CT molecular complexity index is 662. The molecule has 13 heteroatoms. The van der Waals surface area contributed by atoms with E-state index in [2.05, 4.69) is 28.6 Å². The first-order valence-electron chi connectivity index (χ1n) is 10.4. The van der Waals surface area contributed by atoms with Crippen LogP contribution in [0.3, 0.4) is 0 Å². The van der Waals surface area contributed by atoms with Crippen LogP contribution in [-0.2, 0) is 24.0 Å². The molecule has 12 nitrogen and oxygen atoms in total. The van der Waals surface area contributed by atoms with Crippen molar-refractivity contribution in [1.29, 1.82) is 0 Å². The van der Waals surface area contributed by atoms with Crippen LogP contribution in [0.4, 0.5) is 0 Å². The van der Waals surface area contributed by atoms with Crippen LogP contribution < -0.4 is 27.4 Å². The van der Waals surface area contributed by atoms with E-state index in [0.29, 0.717) is 19.4 Å². The largest absolute Gasteiger partial charge is 0.481 e. The van der Waals surface area contributed by atoms with Gasteiger partial charge < -0.3 is 37.6 Å². The average Bonchev–Trinajstić information content (AvgIpc) is 2.72. The third-order valence-electron chi connectivity index (χ3n) is 4.68. The summed E-state index contributed by atoms with van der Waals surface area (Å²) < 4.78 is 0. The lowest BCUT2D eigenvalue weighted by Crippen LogP contribution is -2.58. The smallest absolute Gasteiger partial charge is 0.326 e. The van der Waals surface area contributed by atoms with E-state index in [9.17, 15) is 29.1 Å². The van der Waals surface area contributed by atoms with Crippen molar-refractivity contribution < 1.29 is 34.2 Å². The maximum atomic E-state index is 12.6. The van der Waals surface area contributed by atoms with Gasteiger partial charge in [0.1, 0.15) is 18.1 Å². The molecule has 0 aliphatic carbocycles. The minimum atomic E-state index is -1.33. The molecule has 0 aromatic carbocycles. The number of hydrogen-bond acceptors (Lipinski definition) is 8. The Kier molecular flexibility index (Phi) is 14.3. The van der Waals surface area contributed by atoms with Crippen molar-refractivity contribution in [3.05, 3.63) is 0 Å². The highest BCUT2D eigenvalue weighted by atomic mass is 32.1. The van der Waals surface area contributed by atoms with Crippen LogP contribution in [0.25, 0.3) is 0 Å². The van der Waals surface area contributed by atoms with Gasteiger partial charge in [-0.15, -0.1) is 0 Å². The topological polar surface area (TPSA) is 214 Å². The SMILES string of the molecule is CC(C)C(N)C(=O)NC(CS)C(=O)NC(CCC(=O)O)C(=O)NC(CCCCN)C(=O)O. The first-order valence-corrected chi connectivity index (χ1v) is 11.0. The van der Waals surface area contributed by atoms with E-state index in [0.717, 1.165) is 0 Å². The van der Waals surface area contributed by atoms with Gasteiger partial charge in [0.25, 0.3) is 0 Å². The number of carbonyl (C=O) groups is 5. The molecule has 0 fully saturated rings. The number of amides is 3. The average molecular weight is 478 g/mol. The van der Waals surface area contributed by atoms with Gasteiger partial charge in [-0.3, -0.25) is 19.2 Å². The second kappa shape index (κ2) is 15.4. The maximum Gasteiger partial charge on any atom is 0.326 e. The lowest BCUT2D eigenvalue weighted by atomic mass is 10.0. The molecule has 0 saturated heterocycles. The lowest BCUT2D eigenvalue weighted by Gasteiger charge is -2.25. The van der Waals surface area contributed by atoms with E-state index in [1.54, 1.807) is 13.8 Å². The third-order valence-corrected chi connectivity index (χ3v) is 5.04. The fourth-order valence-corrected chi connectivity index (χ4v) is 2.85. The van der Waals surface area contributed by atoms with Crippen molar-refractivity contribution in [1.82, 2.24) is 16.0 Å². The Morgan fingerprint density at radius 2 is 1.38 bits per heavy atom. The minimum Gasteiger partial charge on any atom is -0.481 e. The van der Waals surface area contributed by atoms with Crippen molar-refractivity contribution in [3.63, 3.8) is 0 Å². The molecule has 9 N–H and O–H groups in total. The quantitative estimate of drug-likeness (QED) is 0.0950. The van der Waals surface area contributed by atoms with Gasteiger partial charge in [0.05, 0.1) is 6.04 Å². The molecular weight excluding hydrogens is 442 g/mol. The molecule has 0 aliphatic heterocycles. The molecule has 0 radical (unpaired) electrons. The Morgan fingerprint density at radius 3 is 1.84 bits per heavy atom. The number of unbranched alkanes of at least 4 members (excludes halogenated alkanes) is 1. The van der Waals surface area contributed by atoms with Crippen LogP contribution in [0.1, 0.15) is 46.0 Å². The van der Waals surface area contributed by atoms with E-state index in [4.69, 9.17) is 16.6 Å². The molecule has 0 aromatic rings. The maximum absolute atomic E-state index is 12.6. The van der Waals surface area contributed by atoms with Crippen LogP contribution in [0.5, 0.6) is 0 Å². The summed E-state index contributed by atoms with van der Waals surface area (Å²) in [5.41, 5.74) is 11.2. The zero-order chi connectivity index (χ0) is 24.8. The summed E-state index contributed by atoms with van der Waals surface area (Å²) >= 11 is 4.04. The van der Waals surface area contributed by atoms with Crippen molar-refractivity contribution in [3.8, 4) is 0 Å². The molecular formula is C19H35N5O7S. The van der Waals surface area contributed by atoms with E-state index in [1.165, 1.54) is 0 Å². The Balaban J connectivity index is 5.31. The number of rotatable bonds is 16. The number of nitrogens with two attached hydrogens (primary N) is 2. The van der Waals surface area contributed by atoms with Crippen LogP contribution in [0.15, 0.2) is 0 Å². The van der Waals surface area contributed by atoms with Gasteiger partial charge >= 0.3 is 11.9 Å². The van der Waals surface area contributed by atoms with Gasteiger partial charge in [0.15, 0.2) is 0 Å². The molecule has 0 aliphatic rings. The second-order valence-corrected chi connectivity index (χ2v) is 8.06. The zero-order valence-electron chi connectivity index (χ0n) is 18.4. The van der Waals surface area contributed by atoms with Gasteiger partial charge in [-0.05, 0) is 38.1 Å². The van der Waals surface area contributed by atoms with Gasteiger partial charge in [-0.2, -0.15) is 12.6 Å². The Labute approximate surface area is 192 Å².